The maximum absolute atomic E-state index is 12.4. The normalized spacial score (nSPS) is 10.9. The molecule has 0 atom stereocenters. The molecule has 0 aliphatic rings. The molecule has 146 valence electrons. The second-order valence-electron chi connectivity index (χ2n) is 6.77. The van der Waals surface area contributed by atoms with Gasteiger partial charge in [0.2, 0.25) is 5.91 Å². The lowest BCUT2D eigenvalue weighted by atomic mass is 9.99. The van der Waals surface area contributed by atoms with Gasteiger partial charge in [-0.3, -0.25) is 19.6 Å². The largest absolute Gasteiger partial charge is 0.312 e. The molecule has 3 rings (SSSR count). The minimum Gasteiger partial charge on any atom is -0.300 e. The molecule has 8 nitrogen and oxygen atoms in total. The van der Waals surface area contributed by atoms with Crippen LogP contribution in [0.4, 0.5) is 10.8 Å². The van der Waals surface area contributed by atoms with Crippen molar-refractivity contribution in [3.8, 4) is 11.3 Å². The zero-order chi connectivity index (χ0) is 20.6. The number of carbonyl (C=O) groups is 1. The molecule has 0 unspecified atom stereocenters. The molecule has 0 spiro atoms. The molecule has 2 aromatic heterocycles. The molecule has 28 heavy (non-hydrogen) atoms. The number of benzene rings is 1. The molecule has 0 fully saturated rings. The van der Waals surface area contributed by atoms with Crippen LogP contribution >= 0.6 is 11.3 Å². The lowest BCUT2D eigenvalue weighted by Gasteiger charge is -2.07. The van der Waals surface area contributed by atoms with Crippen LogP contribution in [0.25, 0.3) is 11.3 Å². The van der Waals surface area contributed by atoms with Crippen molar-refractivity contribution in [2.45, 2.75) is 41.2 Å². The third kappa shape index (κ3) is 3.79. The molecule has 1 aromatic carbocycles. The van der Waals surface area contributed by atoms with Gasteiger partial charge in [0.05, 0.1) is 10.6 Å². The van der Waals surface area contributed by atoms with Gasteiger partial charge in [-0.2, -0.15) is 5.10 Å². The molecule has 0 bridgehead atoms. The first-order chi connectivity index (χ1) is 13.2. The topological polar surface area (TPSA) is 103 Å². The van der Waals surface area contributed by atoms with Gasteiger partial charge in [-0.1, -0.05) is 6.07 Å². The summed E-state index contributed by atoms with van der Waals surface area (Å²) in [5, 5.41) is 20.3. The molecular weight excluding hydrogens is 378 g/mol. The van der Waals surface area contributed by atoms with E-state index >= 15 is 0 Å². The fraction of sp³-hybridized carbons (Fsp3) is 0.316. The van der Waals surface area contributed by atoms with Gasteiger partial charge in [0.25, 0.3) is 0 Å². The number of nitrogens with zero attached hydrogens (tertiary/aromatic N) is 4. The maximum atomic E-state index is 12.4. The minimum atomic E-state index is -0.481. The number of hydrogen-bond donors (Lipinski definition) is 1. The number of aryl methyl sites for hydroxylation is 4. The Balaban J connectivity index is 1.76. The van der Waals surface area contributed by atoms with Gasteiger partial charge in [0, 0.05) is 10.9 Å². The average Bonchev–Trinajstić information content (AvgIpc) is 3.15. The van der Waals surface area contributed by atoms with Crippen molar-refractivity contribution in [1.29, 1.82) is 0 Å². The Labute approximate surface area is 166 Å². The number of carbonyl (C=O) groups excluding carboxylic acids is 1. The van der Waals surface area contributed by atoms with E-state index < -0.39 is 4.92 Å². The summed E-state index contributed by atoms with van der Waals surface area (Å²) in [4.78, 5) is 27.5. The lowest BCUT2D eigenvalue weighted by molar-refractivity contribution is -0.386. The summed E-state index contributed by atoms with van der Waals surface area (Å²) in [5.41, 5.74) is 5.96. The molecule has 0 saturated carbocycles. The number of nitro groups is 1. The second-order valence-corrected chi connectivity index (χ2v) is 7.63. The third-order valence-electron chi connectivity index (χ3n) is 4.69. The van der Waals surface area contributed by atoms with Crippen molar-refractivity contribution in [1.82, 2.24) is 14.8 Å². The first-order valence-electron chi connectivity index (χ1n) is 8.69. The van der Waals surface area contributed by atoms with Gasteiger partial charge in [0.15, 0.2) is 5.13 Å². The summed E-state index contributed by atoms with van der Waals surface area (Å²) >= 11 is 1.34. The zero-order valence-corrected chi connectivity index (χ0v) is 17.2. The van der Waals surface area contributed by atoms with Crippen LogP contribution in [-0.4, -0.2) is 25.6 Å². The molecular formula is C19H21N5O3S. The van der Waals surface area contributed by atoms with E-state index in [0.717, 1.165) is 16.8 Å². The highest BCUT2D eigenvalue weighted by atomic mass is 32.1. The van der Waals surface area contributed by atoms with Crippen molar-refractivity contribution in [3.05, 3.63) is 55.7 Å². The summed E-state index contributed by atoms with van der Waals surface area (Å²) in [5.74, 6) is -0.335. The van der Waals surface area contributed by atoms with Gasteiger partial charge in [-0.25, -0.2) is 4.98 Å². The van der Waals surface area contributed by atoms with E-state index in [4.69, 9.17) is 0 Å². The highest BCUT2D eigenvalue weighted by Crippen LogP contribution is 2.29. The Hall–Kier alpha value is -3.07. The Kier molecular flexibility index (Phi) is 5.28. The second kappa shape index (κ2) is 7.51. The third-order valence-corrected chi connectivity index (χ3v) is 5.44. The van der Waals surface area contributed by atoms with Crippen LogP contribution in [-0.2, 0) is 11.3 Å². The van der Waals surface area contributed by atoms with Crippen LogP contribution in [0, 0.1) is 44.7 Å². The number of thiazole rings is 1. The number of rotatable bonds is 5. The van der Waals surface area contributed by atoms with Crippen molar-refractivity contribution in [2.75, 3.05) is 5.32 Å². The van der Waals surface area contributed by atoms with Gasteiger partial charge < -0.3 is 5.32 Å². The number of hydrogen-bond acceptors (Lipinski definition) is 6. The molecule has 0 radical (unpaired) electrons. The van der Waals surface area contributed by atoms with Gasteiger partial charge in [-0.15, -0.1) is 11.3 Å². The molecule has 0 aliphatic carbocycles. The molecule has 9 heteroatoms. The highest BCUT2D eigenvalue weighted by Gasteiger charge is 2.23. The lowest BCUT2D eigenvalue weighted by Crippen LogP contribution is -2.20. The standard InChI is InChI=1S/C19H21N5O3S/c1-10-6-12(3)15(7-11(10)2)16-9-28-19(20-16)21-17(25)8-23-14(5)18(24(26)27)13(4)22-23/h6-7,9H,8H2,1-5H3,(H,20,21,25). The SMILES string of the molecule is Cc1cc(C)c(-c2csc(NC(=O)Cn3nc(C)c([N+](=O)[O-])c3C)n2)cc1C. The summed E-state index contributed by atoms with van der Waals surface area (Å²) in [6, 6.07) is 4.22. The molecule has 0 aliphatic heterocycles. The first-order valence-corrected chi connectivity index (χ1v) is 9.57. The first kappa shape index (κ1) is 19.7. The van der Waals surface area contributed by atoms with E-state index in [-0.39, 0.29) is 23.8 Å². The van der Waals surface area contributed by atoms with E-state index in [9.17, 15) is 14.9 Å². The number of nitrogens with one attached hydrogen (secondary N) is 1. The monoisotopic (exact) mass is 399 g/mol. The summed E-state index contributed by atoms with van der Waals surface area (Å²) in [7, 11) is 0. The summed E-state index contributed by atoms with van der Waals surface area (Å²) in [6.07, 6.45) is 0. The van der Waals surface area contributed by atoms with E-state index in [2.05, 4.69) is 41.4 Å². The molecule has 3 aromatic rings. The Morgan fingerprint density at radius 2 is 1.86 bits per heavy atom. The predicted molar refractivity (Wildman–Crippen MR) is 109 cm³/mol. The van der Waals surface area contributed by atoms with Crippen LogP contribution in [0.3, 0.4) is 0 Å². The molecule has 1 N–H and O–H groups in total. The quantitative estimate of drug-likeness (QED) is 0.514. The smallest absolute Gasteiger partial charge is 0.300 e. The highest BCUT2D eigenvalue weighted by molar-refractivity contribution is 7.14. The summed E-state index contributed by atoms with van der Waals surface area (Å²) in [6.45, 7) is 9.18. The Morgan fingerprint density at radius 3 is 2.50 bits per heavy atom. The van der Waals surface area contributed by atoms with Crippen LogP contribution < -0.4 is 5.32 Å². The number of aromatic nitrogens is 3. The minimum absolute atomic E-state index is 0.0606. The van der Waals surface area contributed by atoms with Crippen molar-refractivity contribution < 1.29 is 9.72 Å². The van der Waals surface area contributed by atoms with Gasteiger partial charge in [-0.05, 0) is 57.4 Å². The molecule has 1 amide bonds. The fourth-order valence-electron chi connectivity index (χ4n) is 3.09. The number of amides is 1. The average molecular weight is 399 g/mol. The predicted octanol–water partition coefficient (Wildman–Crippen LogP) is 4.10. The van der Waals surface area contributed by atoms with Crippen molar-refractivity contribution >= 4 is 28.1 Å². The van der Waals surface area contributed by atoms with E-state index in [1.807, 2.05) is 12.3 Å². The van der Waals surface area contributed by atoms with Crippen LogP contribution in [0.1, 0.15) is 28.1 Å². The fourth-order valence-corrected chi connectivity index (χ4v) is 3.82. The van der Waals surface area contributed by atoms with Crippen LogP contribution in [0.5, 0.6) is 0 Å². The Morgan fingerprint density at radius 1 is 1.18 bits per heavy atom. The van der Waals surface area contributed by atoms with Gasteiger partial charge in [0.1, 0.15) is 17.9 Å². The van der Waals surface area contributed by atoms with E-state index in [0.29, 0.717) is 10.8 Å². The molecule has 0 saturated heterocycles. The van der Waals surface area contributed by atoms with Crippen LogP contribution in [0.2, 0.25) is 0 Å². The molecule has 2 heterocycles. The van der Waals surface area contributed by atoms with Gasteiger partial charge >= 0.3 is 5.69 Å². The van der Waals surface area contributed by atoms with E-state index in [1.54, 1.807) is 13.8 Å². The number of anilines is 1. The van der Waals surface area contributed by atoms with Crippen molar-refractivity contribution in [2.24, 2.45) is 0 Å². The maximum Gasteiger partial charge on any atom is 0.312 e. The van der Waals surface area contributed by atoms with Crippen molar-refractivity contribution in [3.63, 3.8) is 0 Å². The summed E-state index contributed by atoms with van der Waals surface area (Å²) < 4.78 is 1.34. The Bertz CT molecular complexity index is 1080. The van der Waals surface area contributed by atoms with Crippen LogP contribution in [0.15, 0.2) is 17.5 Å². The van der Waals surface area contributed by atoms with E-state index in [1.165, 1.54) is 27.1 Å². The zero-order valence-electron chi connectivity index (χ0n) is 16.4.